The zero-order valence-corrected chi connectivity index (χ0v) is 14.9. The van der Waals surface area contributed by atoms with Crippen LogP contribution in [0.4, 0.5) is 4.79 Å². The number of aromatic carboxylic acids is 1. The molecule has 0 aromatic carbocycles. The number of nitrogens with zero attached hydrogens (tertiary/aromatic N) is 4. The molecule has 134 valence electrons. The molecule has 1 aliphatic heterocycles. The van der Waals surface area contributed by atoms with Crippen molar-refractivity contribution in [3.8, 4) is 0 Å². The van der Waals surface area contributed by atoms with Crippen molar-refractivity contribution in [1.82, 2.24) is 19.9 Å². The van der Waals surface area contributed by atoms with E-state index in [0.717, 1.165) is 12.8 Å². The second kappa shape index (κ2) is 6.78. The van der Waals surface area contributed by atoms with E-state index >= 15 is 0 Å². The van der Waals surface area contributed by atoms with Crippen LogP contribution in [-0.4, -0.2) is 55.8 Å². The van der Waals surface area contributed by atoms with Gasteiger partial charge in [0.2, 0.25) is 0 Å². The average Bonchev–Trinajstić information content (AvgIpc) is 2.90. The summed E-state index contributed by atoms with van der Waals surface area (Å²) in [6, 6.07) is -0.0933. The number of aromatic nitrogens is 3. The number of likely N-dealkylation sites (tertiary alicyclic amines) is 1. The molecule has 1 N–H and O–H groups in total. The fourth-order valence-corrected chi connectivity index (χ4v) is 2.91. The second-order valence-electron chi connectivity index (χ2n) is 7.45. The van der Waals surface area contributed by atoms with Gasteiger partial charge in [-0.15, -0.1) is 5.10 Å². The monoisotopic (exact) mass is 338 g/mol. The summed E-state index contributed by atoms with van der Waals surface area (Å²) in [4.78, 5) is 25.3. The molecule has 0 spiro atoms. The van der Waals surface area contributed by atoms with E-state index < -0.39 is 11.6 Å². The van der Waals surface area contributed by atoms with Gasteiger partial charge in [-0.05, 0) is 39.5 Å². The van der Waals surface area contributed by atoms with Crippen LogP contribution in [0.5, 0.6) is 0 Å². The van der Waals surface area contributed by atoms with E-state index in [4.69, 9.17) is 4.74 Å². The minimum Gasteiger partial charge on any atom is -0.476 e. The Hall–Kier alpha value is -2.12. The van der Waals surface area contributed by atoms with E-state index in [-0.39, 0.29) is 23.7 Å². The van der Waals surface area contributed by atoms with Crippen molar-refractivity contribution in [3.05, 3.63) is 11.4 Å². The molecular weight excluding hydrogens is 312 g/mol. The Morgan fingerprint density at radius 1 is 1.33 bits per heavy atom. The fourth-order valence-electron chi connectivity index (χ4n) is 2.91. The first-order valence-electron chi connectivity index (χ1n) is 8.26. The van der Waals surface area contributed by atoms with E-state index in [1.54, 1.807) is 9.58 Å². The van der Waals surface area contributed by atoms with Crippen molar-refractivity contribution < 1.29 is 19.4 Å². The van der Waals surface area contributed by atoms with Crippen molar-refractivity contribution in [2.75, 3.05) is 13.1 Å². The highest BCUT2D eigenvalue weighted by atomic mass is 16.6. The number of ether oxygens (including phenoxy) is 1. The topological polar surface area (TPSA) is 97.5 Å². The molecule has 1 amide bonds. The van der Waals surface area contributed by atoms with Gasteiger partial charge in [-0.25, -0.2) is 14.3 Å². The number of carboxylic acid groups (broad SMARTS) is 1. The van der Waals surface area contributed by atoms with Crippen LogP contribution in [0.2, 0.25) is 0 Å². The highest BCUT2D eigenvalue weighted by Gasteiger charge is 2.32. The quantitative estimate of drug-likeness (QED) is 0.910. The second-order valence-corrected chi connectivity index (χ2v) is 7.45. The van der Waals surface area contributed by atoms with E-state index in [9.17, 15) is 14.7 Å². The maximum Gasteiger partial charge on any atom is 0.410 e. The first-order valence-corrected chi connectivity index (χ1v) is 8.26. The lowest BCUT2D eigenvalue weighted by molar-refractivity contribution is 0.0164. The Balaban J connectivity index is 2.21. The Bertz CT molecular complexity index is 618. The van der Waals surface area contributed by atoms with Crippen LogP contribution in [0.15, 0.2) is 0 Å². The van der Waals surface area contributed by atoms with Crippen LogP contribution < -0.4 is 0 Å². The first-order chi connectivity index (χ1) is 11.1. The molecular formula is C16H26N4O4. The van der Waals surface area contributed by atoms with Gasteiger partial charge < -0.3 is 14.7 Å². The van der Waals surface area contributed by atoms with Crippen LogP contribution in [0.1, 0.15) is 75.6 Å². The third-order valence-corrected chi connectivity index (χ3v) is 3.87. The molecule has 1 aromatic heterocycles. The van der Waals surface area contributed by atoms with Crippen molar-refractivity contribution in [1.29, 1.82) is 0 Å². The zero-order chi connectivity index (χ0) is 18.1. The van der Waals surface area contributed by atoms with Crippen LogP contribution in [0.3, 0.4) is 0 Å². The lowest BCUT2D eigenvalue weighted by Crippen LogP contribution is -2.43. The number of carbonyl (C=O) groups is 2. The lowest BCUT2D eigenvalue weighted by atomic mass is 10.0. The number of rotatable bonds is 3. The largest absolute Gasteiger partial charge is 0.476 e. The lowest BCUT2D eigenvalue weighted by Gasteiger charge is -2.34. The molecule has 0 saturated carbocycles. The first kappa shape index (κ1) is 18.2. The molecule has 0 bridgehead atoms. The molecule has 1 atom stereocenters. The summed E-state index contributed by atoms with van der Waals surface area (Å²) in [5.74, 6) is -1.10. The Morgan fingerprint density at radius 2 is 2.00 bits per heavy atom. The summed E-state index contributed by atoms with van der Waals surface area (Å²) in [6.45, 7) is 10.4. The van der Waals surface area contributed by atoms with E-state index in [1.807, 2.05) is 34.6 Å². The highest BCUT2D eigenvalue weighted by molar-refractivity contribution is 5.86. The van der Waals surface area contributed by atoms with Crippen LogP contribution in [-0.2, 0) is 4.74 Å². The maximum absolute atomic E-state index is 12.3. The molecule has 0 unspecified atom stereocenters. The molecule has 1 fully saturated rings. The predicted molar refractivity (Wildman–Crippen MR) is 87.1 cm³/mol. The number of hydrogen-bond acceptors (Lipinski definition) is 5. The summed E-state index contributed by atoms with van der Waals surface area (Å²) in [6.07, 6.45) is 1.28. The third-order valence-electron chi connectivity index (χ3n) is 3.87. The van der Waals surface area contributed by atoms with Gasteiger partial charge in [0.15, 0.2) is 5.69 Å². The van der Waals surface area contributed by atoms with Crippen molar-refractivity contribution >= 4 is 12.1 Å². The van der Waals surface area contributed by atoms with Gasteiger partial charge in [0.05, 0.1) is 11.7 Å². The summed E-state index contributed by atoms with van der Waals surface area (Å²) in [5.41, 5.74) is 0.0366. The smallest absolute Gasteiger partial charge is 0.410 e. The third kappa shape index (κ3) is 4.04. The van der Waals surface area contributed by atoms with Gasteiger partial charge in [0.25, 0.3) is 0 Å². The molecule has 1 aliphatic rings. The molecule has 1 aromatic rings. The van der Waals surface area contributed by atoms with E-state index in [1.165, 1.54) is 0 Å². The van der Waals surface area contributed by atoms with Crippen molar-refractivity contribution in [2.24, 2.45) is 0 Å². The van der Waals surface area contributed by atoms with Gasteiger partial charge in [-0.2, -0.15) is 0 Å². The molecule has 2 heterocycles. The summed E-state index contributed by atoms with van der Waals surface area (Å²) in [7, 11) is 0. The maximum atomic E-state index is 12.3. The van der Waals surface area contributed by atoms with Crippen LogP contribution in [0, 0.1) is 0 Å². The molecule has 8 nitrogen and oxygen atoms in total. The minimum atomic E-state index is -1.08. The van der Waals surface area contributed by atoms with Crippen molar-refractivity contribution in [3.63, 3.8) is 0 Å². The van der Waals surface area contributed by atoms with E-state index in [0.29, 0.717) is 18.8 Å². The fraction of sp³-hybridized carbons (Fsp3) is 0.750. The standard InChI is InChI=1S/C16H26N4O4/c1-10(2)13-12(14(21)22)17-18-20(13)11-7-6-8-19(9-11)15(23)24-16(3,4)5/h10-11H,6-9H2,1-5H3,(H,21,22)/t11-/m0/s1. The molecule has 0 aliphatic carbocycles. The minimum absolute atomic E-state index is 0.0145. The highest BCUT2D eigenvalue weighted by Crippen LogP contribution is 2.27. The molecule has 2 rings (SSSR count). The Morgan fingerprint density at radius 3 is 2.54 bits per heavy atom. The summed E-state index contributed by atoms with van der Waals surface area (Å²) >= 11 is 0. The van der Waals surface area contributed by atoms with E-state index in [2.05, 4.69) is 10.3 Å². The van der Waals surface area contributed by atoms with Gasteiger partial charge in [-0.1, -0.05) is 19.1 Å². The number of amides is 1. The summed E-state index contributed by atoms with van der Waals surface area (Å²) in [5, 5.41) is 17.2. The molecule has 1 saturated heterocycles. The molecule has 0 radical (unpaired) electrons. The molecule has 24 heavy (non-hydrogen) atoms. The number of hydrogen-bond donors (Lipinski definition) is 1. The van der Waals surface area contributed by atoms with Crippen molar-refractivity contribution in [2.45, 2.75) is 65.0 Å². The zero-order valence-electron chi connectivity index (χ0n) is 14.9. The van der Waals surface area contributed by atoms with Crippen LogP contribution >= 0.6 is 0 Å². The van der Waals surface area contributed by atoms with Crippen LogP contribution in [0.25, 0.3) is 0 Å². The predicted octanol–water partition coefficient (Wildman–Crippen LogP) is 2.67. The van der Waals surface area contributed by atoms with Gasteiger partial charge in [-0.3, -0.25) is 0 Å². The average molecular weight is 338 g/mol. The molecule has 8 heteroatoms. The number of carboxylic acids is 1. The summed E-state index contributed by atoms with van der Waals surface area (Å²) < 4.78 is 7.10. The Kier molecular flexibility index (Phi) is 5.15. The number of carbonyl (C=O) groups excluding carboxylic acids is 1. The van der Waals surface area contributed by atoms with Gasteiger partial charge in [0.1, 0.15) is 5.60 Å². The number of piperidine rings is 1. The normalized spacial score (nSPS) is 18.8. The SMILES string of the molecule is CC(C)c1c(C(=O)O)nnn1[C@H]1CCCN(C(=O)OC(C)(C)C)C1. The van der Waals surface area contributed by atoms with Gasteiger partial charge >= 0.3 is 12.1 Å². The van der Waals surface area contributed by atoms with Gasteiger partial charge in [0, 0.05) is 13.1 Å². The Labute approximate surface area is 141 Å².